The number of benzene rings is 3. The average molecular weight is 494 g/mol. The van der Waals surface area contributed by atoms with Crippen LogP contribution in [0.3, 0.4) is 0 Å². The van der Waals surface area contributed by atoms with Crippen molar-refractivity contribution in [3.63, 3.8) is 0 Å². The number of alkyl halides is 3. The van der Waals surface area contributed by atoms with Gasteiger partial charge >= 0.3 is 6.18 Å². The van der Waals surface area contributed by atoms with Crippen LogP contribution in [0.25, 0.3) is 0 Å². The number of carbonyl (C=O) groups is 1. The van der Waals surface area contributed by atoms with E-state index in [2.05, 4.69) is 15.9 Å². The van der Waals surface area contributed by atoms with Crippen LogP contribution in [-0.2, 0) is 11.0 Å². The first kappa shape index (κ1) is 20.8. The van der Waals surface area contributed by atoms with Gasteiger partial charge in [-0.1, -0.05) is 28.1 Å². The van der Waals surface area contributed by atoms with Gasteiger partial charge in [0.2, 0.25) is 5.91 Å². The molecule has 0 N–H and O–H groups in total. The van der Waals surface area contributed by atoms with E-state index in [1.165, 1.54) is 22.7 Å². The number of thioether (sulfide) groups is 1. The highest BCUT2D eigenvalue weighted by molar-refractivity contribution is 9.10. The maximum atomic E-state index is 13.1. The van der Waals surface area contributed by atoms with Gasteiger partial charge in [-0.3, -0.25) is 9.69 Å². The average Bonchev–Trinajstić information content (AvgIpc) is 3.11. The largest absolute Gasteiger partial charge is 0.457 e. The minimum atomic E-state index is -4.43. The molecule has 0 radical (unpaired) electrons. The summed E-state index contributed by atoms with van der Waals surface area (Å²) in [7, 11) is 0. The molecule has 30 heavy (non-hydrogen) atoms. The lowest BCUT2D eigenvalue weighted by Gasteiger charge is -2.25. The number of hydrogen-bond donors (Lipinski definition) is 0. The zero-order valence-corrected chi connectivity index (χ0v) is 17.8. The summed E-state index contributed by atoms with van der Waals surface area (Å²) in [6.45, 7) is 0. The van der Waals surface area contributed by atoms with Gasteiger partial charge < -0.3 is 4.74 Å². The van der Waals surface area contributed by atoms with E-state index in [1.807, 2.05) is 24.3 Å². The first-order valence-electron chi connectivity index (χ1n) is 8.95. The van der Waals surface area contributed by atoms with Crippen LogP contribution < -0.4 is 9.64 Å². The summed E-state index contributed by atoms with van der Waals surface area (Å²) < 4.78 is 46.0. The monoisotopic (exact) mass is 493 g/mol. The second kappa shape index (κ2) is 8.35. The Bertz CT molecular complexity index is 1060. The number of amides is 1. The highest BCUT2D eigenvalue weighted by Crippen LogP contribution is 2.43. The van der Waals surface area contributed by atoms with E-state index >= 15 is 0 Å². The third-order valence-electron chi connectivity index (χ3n) is 4.53. The summed E-state index contributed by atoms with van der Waals surface area (Å²) in [5.41, 5.74) is 0.324. The molecule has 3 aromatic rings. The van der Waals surface area contributed by atoms with Crippen LogP contribution in [0.15, 0.2) is 77.3 Å². The summed E-state index contributed by atoms with van der Waals surface area (Å²) in [5, 5.41) is -0.516. The number of rotatable bonds is 4. The smallest absolute Gasteiger partial charge is 0.416 e. The topological polar surface area (TPSA) is 29.5 Å². The zero-order valence-electron chi connectivity index (χ0n) is 15.4. The third-order valence-corrected chi connectivity index (χ3v) is 6.27. The van der Waals surface area contributed by atoms with Crippen LogP contribution in [0.2, 0.25) is 0 Å². The van der Waals surface area contributed by atoms with E-state index in [-0.39, 0.29) is 11.7 Å². The van der Waals surface area contributed by atoms with Crippen molar-refractivity contribution in [2.45, 2.75) is 11.6 Å². The van der Waals surface area contributed by atoms with Gasteiger partial charge in [-0.2, -0.15) is 13.2 Å². The van der Waals surface area contributed by atoms with E-state index in [0.29, 0.717) is 22.7 Å². The van der Waals surface area contributed by atoms with E-state index in [4.69, 9.17) is 4.74 Å². The van der Waals surface area contributed by atoms with Crippen LogP contribution in [0.4, 0.5) is 18.9 Å². The molecule has 154 valence electrons. The molecule has 1 amide bonds. The Hall–Kier alpha value is -2.45. The summed E-state index contributed by atoms with van der Waals surface area (Å²) in [5.74, 6) is 1.32. The number of hydrogen-bond acceptors (Lipinski definition) is 3. The number of nitrogens with zero attached hydrogens (tertiary/aromatic N) is 1. The van der Waals surface area contributed by atoms with Gasteiger partial charge in [0, 0.05) is 10.2 Å². The van der Waals surface area contributed by atoms with Gasteiger partial charge in [-0.15, -0.1) is 11.8 Å². The van der Waals surface area contributed by atoms with Crippen LogP contribution >= 0.6 is 27.7 Å². The Labute approximate surface area is 184 Å². The molecular formula is C22H15BrF3NO2S. The Morgan fingerprint density at radius 2 is 1.60 bits per heavy atom. The highest BCUT2D eigenvalue weighted by atomic mass is 79.9. The Kier molecular flexibility index (Phi) is 5.79. The molecular weight excluding hydrogens is 479 g/mol. The molecule has 0 bridgehead atoms. The fourth-order valence-corrected chi connectivity index (χ4v) is 4.56. The summed E-state index contributed by atoms with van der Waals surface area (Å²) in [4.78, 5) is 14.0. The molecule has 0 aromatic heterocycles. The number of anilines is 1. The molecule has 1 aliphatic rings. The maximum Gasteiger partial charge on any atom is 0.416 e. The van der Waals surface area contributed by atoms with Crippen molar-refractivity contribution in [1.29, 1.82) is 0 Å². The second-order valence-electron chi connectivity index (χ2n) is 6.60. The van der Waals surface area contributed by atoms with Crippen LogP contribution in [0.1, 0.15) is 16.5 Å². The zero-order chi connectivity index (χ0) is 21.3. The normalized spacial score (nSPS) is 16.7. The lowest BCUT2D eigenvalue weighted by molar-refractivity contribution is -0.137. The van der Waals surface area contributed by atoms with E-state index in [9.17, 15) is 18.0 Å². The van der Waals surface area contributed by atoms with Gasteiger partial charge in [0.05, 0.1) is 11.3 Å². The van der Waals surface area contributed by atoms with Gasteiger partial charge in [0.15, 0.2) is 0 Å². The molecule has 1 aliphatic heterocycles. The quantitative estimate of drug-likeness (QED) is 0.390. The van der Waals surface area contributed by atoms with Gasteiger partial charge in [-0.25, -0.2) is 0 Å². The van der Waals surface area contributed by atoms with Crippen LogP contribution in [0.5, 0.6) is 11.5 Å². The Balaban J connectivity index is 1.57. The second-order valence-corrected chi connectivity index (χ2v) is 8.58. The molecule has 1 unspecified atom stereocenters. The molecule has 4 rings (SSSR count). The van der Waals surface area contributed by atoms with Crippen molar-refractivity contribution >= 4 is 39.3 Å². The fourth-order valence-electron chi connectivity index (χ4n) is 3.13. The molecule has 3 aromatic carbocycles. The number of carbonyl (C=O) groups excluding carboxylic acids is 1. The van der Waals surface area contributed by atoms with Gasteiger partial charge in [-0.05, 0) is 66.2 Å². The lowest BCUT2D eigenvalue weighted by Crippen LogP contribution is -2.27. The fraction of sp³-hybridized carbons (Fsp3) is 0.136. The van der Waals surface area contributed by atoms with E-state index < -0.39 is 17.1 Å². The SMILES string of the molecule is O=C1CSC(c2cccc(C(F)(F)F)c2)N1c1ccc(Oc2ccc(Br)cc2)cc1. The molecule has 8 heteroatoms. The van der Waals surface area contributed by atoms with Crippen molar-refractivity contribution in [1.82, 2.24) is 0 Å². The van der Waals surface area contributed by atoms with E-state index in [0.717, 1.165) is 16.6 Å². The molecule has 1 fully saturated rings. The third kappa shape index (κ3) is 4.49. The van der Waals surface area contributed by atoms with Crippen LogP contribution in [0, 0.1) is 0 Å². The molecule has 1 atom stereocenters. The number of ether oxygens (including phenoxy) is 1. The number of halogens is 4. The van der Waals surface area contributed by atoms with Crippen molar-refractivity contribution < 1.29 is 22.7 Å². The minimum Gasteiger partial charge on any atom is -0.457 e. The summed E-state index contributed by atoms with van der Waals surface area (Å²) >= 11 is 4.67. The van der Waals surface area contributed by atoms with Crippen molar-refractivity contribution in [3.05, 3.63) is 88.4 Å². The Morgan fingerprint density at radius 1 is 0.967 bits per heavy atom. The standard InChI is InChI=1S/C22H15BrF3NO2S/c23-16-4-8-18(9-5-16)29-19-10-6-17(7-11-19)27-20(28)13-30-21(27)14-2-1-3-15(12-14)22(24,25)26/h1-12,21H,13H2. The molecule has 0 saturated carbocycles. The van der Waals surface area contributed by atoms with Crippen molar-refractivity contribution in [3.8, 4) is 11.5 Å². The lowest BCUT2D eigenvalue weighted by atomic mass is 10.1. The summed E-state index contributed by atoms with van der Waals surface area (Å²) in [6, 6.07) is 19.4. The minimum absolute atomic E-state index is 0.149. The highest BCUT2D eigenvalue weighted by Gasteiger charge is 2.36. The van der Waals surface area contributed by atoms with Crippen molar-refractivity contribution in [2.75, 3.05) is 10.7 Å². The first-order chi connectivity index (χ1) is 14.3. The summed E-state index contributed by atoms with van der Waals surface area (Å²) in [6.07, 6.45) is -4.43. The predicted molar refractivity (Wildman–Crippen MR) is 115 cm³/mol. The molecule has 0 aliphatic carbocycles. The Morgan fingerprint density at radius 3 is 2.23 bits per heavy atom. The van der Waals surface area contributed by atoms with Gasteiger partial charge in [0.25, 0.3) is 0 Å². The molecule has 3 nitrogen and oxygen atoms in total. The van der Waals surface area contributed by atoms with E-state index in [1.54, 1.807) is 30.3 Å². The molecule has 1 heterocycles. The molecule has 1 saturated heterocycles. The van der Waals surface area contributed by atoms with Crippen molar-refractivity contribution in [2.24, 2.45) is 0 Å². The molecule has 0 spiro atoms. The maximum absolute atomic E-state index is 13.1. The van der Waals surface area contributed by atoms with Gasteiger partial charge in [0.1, 0.15) is 16.9 Å². The first-order valence-corrected chi connectivity index (χ1v) is 10.8. The van der Waals surface area contributed by atoms with Crippen LogP contribution in [-0.4, -0.2) is 11.7 Å². The predicted octanol–water partition coefficient (Wildman–Crippen LogP) is 7.04.